The number of alkyl halides is 1. The van der Waals surface area contributed by atoms with Gasteiger partial charge in [-0.15, -0.1) is 21.8 Å². The summed E-state index contributed by atoms with van der Waals surface area (Å²) in [6.45, 7) is 0. The Morgan fingerprint density at radius 1 is 1.29 bits per heavy atom. The number of rotatable bonds is 5. The van der Waals surface area contributed by atoms with Crippen molar-refractivity contribution >= 4 is 23.4 Å². The molecule has 1 aliphatic carbocycles. The largest absolute Gasteiger partial charge is 0.309 e. The van der Waals surface area contributed by atoms with E-state index in [1.807, 2.05) is 0 Å². The summed E-state index contributed by atoms with van der Waals surface area (Å²) in [5.41, 5.74) is 0. The minimum Gasteiger partial charge on any atom is -0.309 e. The van der Waals surface area contributed by atoms with E-state index in [0.717, 1.165) is 23.2 Å². The number of nitrogens with zero attached hydrogens (tertiary/aromatic N) is 3. The molecule has 17 heavy (non-hydrogen) atoms. The maximum absolute atomic E-state index is 5.68. The van der Waals surface area contributed by atoms with Crippen molar-refractivity contribution in [3.63, 3.8) is 0 Å². The van der Waals surface area contributed by atoms with E-state index in [-0.39, 0.29) is 0 Å². The number of hydrogen-bond donors (Lipinski definition) is 0. The van der Waals surface area contributed by atoms with Gasteiger partial charge in [-0.1, -0.05) is 31.0 Å². The molecule has 0 N–H and O–H groups in total. The average Bonchev–Trinajstić information content (AvgIpc) is 2.73. The van der Waals surface area contributed by atoms with E-state index in [4.69, 9.17) is 11.6 Å². The van der Waals surface area contributed by atoms with Crippen molar-refractivity contribution in [1.82, 2.24) is 14.8 Å². The normalized spacial score (nSPS) is 17.5. The summed E-state index contributed by atoms with van der Waals surface area (Å²) in [7, 11) is 2.09. The van der Waals surface area contributed by atoms with Crippen LogP contribution in [0.3, 0.4) is 0 Å². The number of aromatic nitrogens is 3. The van der Waals surface area contributed by atoms with Gasteiger partial charge in [0.15, 0.2) is 5.16 Å². The fourth-order valence-electron chi connectivity index (χ4n) is 2.39. The maximum atomic E-state index is 5.68. The molecule has 0 amide bonds. The number of thioether (sulfide) groups is 1. The van der Waals surface area contributed by atoms with Gasteiger partial charge in [0.05, 0.1) is 0 Å². The zero-order chi connectivity index (χ0) is 12.1. The van der Waals surface area contributed by atoms with Crippen LogP contribution in [0.1, 0.15) is 50.3 Å². The van der Waals surface area contributed by atoms with Crippen LogP contribution in [-0.4, -0.2) is 26.4 Å². The van der Waals surface area contributed by atoms with Crippen molar-refractivity contribution in [3.8, 4) is 0 Å². The molecule has 0 aliphatic heterocycles. The van der Waals surface area contributed by atoms with Crippen LogP contribution in [0.25, 0.3) is 0 Å². The molecule has 1 fully saturated rings. The van der Waals surface area contributed by atoms with E-state index in [0.29, 0.717) is 5.92 Å². The van der Waals surface area contributed by atoms with Crippen LogP contribution >= 0.6 is 23.4 Å². The van der Waals surface area contributed by atoms with Crippen LogP contribution in [0.5, 0.6) is 0 Å². The molecule has 1 heterocycles. The summed E-state index contributed by atoms with van der Waals surface area (Å²) in [4.78, 5) is 0. The zero-order valence-corrected chi connectivity index (χ0v) is 11.9. The van der Waals surface area contributed by atoms with Crippen molar-refractivity contribution in [2.45, 2.75) is 49.6 Å². The second-order valence-corrected chi connectivity index (χ2v) is 6.07. The lowest BCUT2D eigenvalue weighted by atomic mass is 9.89. The second kappa shape index (κ2) is 6.64. The summed E-state index contributed by atoms with van der Waals surface area (Å²) in [5.74, 6) is 3.56. The Labute approximate surface area is 112 Å². The minimum absolute atomic E-state index is 0.628. The Morgan fingerprint density at radius 2 is 2.06 bits per heavy atom. The van der Waals surface area contributed by atoms with Crippen LogP contribution < -0.4 is 0 Å². The standard InChI is InChI=1S/C12H20ClN3S/c1-16-11(10-6-3-2-4-7-10)14-15-12(16)17-9-5-8-13/h10H,2-9H2,1H3. The van der Waals surface area contributed by atoms with Crippen LogP contribution in [0.4, 0.5) is 0 Å². The molecule has 0 bridgehead atoms. The van der Waals surface area contributed by atoms with Crippen LogP contribution in [0.2, 0.25) is 0 Å². The maximum Gasteiger partial charge on any atom is 0.190 e. The number of hydrogen-bond acceptors (Lipinski definition) is 3. The molecular formula is C12H20ClN3S. The molecule has 0 spiro atoms. The lowest BCUT2D eigenvalue weighted by Crippen LogP contribution is -2.10. The summed E-state index contributed by atoms with van der Waals surface area (Å²) >= 11 is 7.44. The molecule has 1 aromatic rings. The molecule has 3 nitrogen and oxygen atoms in total. The number of halogens is 1. The van der Waals surface area contributed by atoms with Gasteiger partial charge < -0.3 is 4.57 Å². The van der Waals surface area contributed by atoms with Crippen molar-refractivity contribution in [2.24, 2.45) is 7.05 Å². The smallest absolute Gasteiger partial charge is 0.190 e. The first-order chi connectivity index (χ1) is 8.33. The van der Waals surface area contributed by atoms with E-state index < -0.39 is 0 Å². The summed E-state index contributed by atoms with van der Waals surface area (Å²) < 4.78 is 2.18. The van der Waals surface area contributed by atoms with E-state index in [9.17, 15) is 0 Å². The molecule has 2 rings (SSSR count). The fourth-order valence-corrected chi connectivity index (χ4v) is 3.54. The third-order valence-electron chi connectivity index (χ3n) is 3.35. The van der Waals surface area contributed by atoms with E-state index in [2.05, 4.69) is 21.8 Å². The summed E-state index contributed by atoms with van der Waals surface area (Å²) in [5, 5.41) is 9.71. The van der Waals surface area contributed by atoms with Crippen molar-refractivity contribution in [1.29, 1.82) is 0 Å². The van der Waals surface area contributed by atoms with Crippen molar-refractivity contribution < 1.29 is 0 Å². The first-order valence-electron chi connectivity index (χ1n) is 6.41. The first-order valence-corrected chi connectivity index (χ1v) is 7.93. The average molecular weight is 274 g/mol. The van der Waals surface area contributed by atoms with Gasteiger partial charge in [0.2, 0.25) is 0 Å². The van der Waals surface area contributed by atoms with Gasteiger partial charge in [0.25, 0.3) is 0 Å². The highest BCUT2D eigenvalue weighted by molar-refractivity contribution is 7.99. The first kappa shape index (κ1) is 13.2. The molecule has 0 atom stereocenters. The van der Waals surface area contributed by atoms with Crippen molar-refractivity contribution in [3.05, 3.63) is 5.82 Å². The molecule has 1 aliphatic rings. The molecule has 0 saturated heterocycles. The predicted octanol–water partition coefficient (Wildman–Crippen LogP) is 3.58. The lowest BCUT2D eigenvalue weighted by Gasteiger charge is -2.20. The van der Waals surface area contributed by atoms with Gasteiger partial charge in [-0.05, 0) is 19.3 Å². The highest BCUT2D eigenvalue weighted by Gasteiger charge is 2.21. The van der Waals surface area contributed by atoms with Gasteiger partial charge >= 0.3 is 0 Å². The van der Waals surface area contributed by atoms with Crippen molar-refractivity contribution in [2.75, 3.05) is 11.6 Å². The second-order valence-electron chi connectivity index (χ2n) is 4.63. The minimum atomic E-state index is 0.628. The fraction of sp³-hybridized carbons (Fsp3) is 0.833. The Morgan fingerprint density at radius 3 is 2.76 bits per heavy atom. The zero-order valence-electron chi connectivity index (χ0n) is 10.4. The molecular weight excluding hydrogens is 254 g/mol. The van der Waals surface area contributed by atoms with Gasteiger partial charge in [-0.25, -0.2) is 0 Å². The van der Waals surface area contributed by atoms with Gasteiger partial charge in [-0.3, -0.25) is 0 Å². The molecule has 1 aromatic heterocycles. The monoisotopic (exact) mass is 273 g/mol. The SMILES string of the molecule is Cn1c(SCCCCl)nnc1C1CCCCC1. The third kappa shape index (κ3) is 3.38. The molecule has 0 aromatic carbocycles. The highest BCUT2D eigenvalue weighted by Crippen LogP contribution is 2.32. The molecule has 0 unspecified atom stereocenters. The van der Waals surface area contributed by atoms with Crippen LogP contribution in [0.15, 0.2) is 5.16 Å². The van der Waals surface area contributed by atoms with E-state index in [1.165, 1.54) is 37.9 Å². The van der Waals surface area contributed by atoms with Crippen LogP contribution in [-0.2, 0) is 7.05 Å². The predicted molar refractivity (Wildman–Crippen MR) is 72.9 cm³/mol. The topological polar surface area (TPSA) is 30.7 Å². The molecule has 96 valence electrons. The van der Waals surface area contributed by atoms with E-state index >= 15 is 0 Å². The Balaban J connectivity index is 1.98. The van der Waals surface area contributed by atoms with E-state index in [1.54, 1.807) is 11.8 Å². The Hall–Kier alpha value is -0.220. The van der Waals surface area contributed by atoms with Gasteiger partial charge in [-0.2, -0.15) is 0 Å². The molecule has 0 radical (unpaired) electrons. The quantitative estimate of drug-likeness (QED) is 0.467. The lowest BCUT2D eigenvalue weighted by molar-refractivity contribution is 0.418. The van der Waals surface area contributed by atoms with Crippen LogP contribution in [0, 0.1) is 0 Å². The summed E-state index contributed by atoms with van der Waals surface area (Å²) in [6.07, 6.45) is 7.64. The Kier molecular flexibility index (Phi) is 5.16. The molecule has 1 saturated carbocycles. The van der Waals surface area contributed by atoms with Gasteiger partial charge in [0.1, 0.15) is 5.82 Å². The molecule has 5 heteroatoms. The van der Waals surface area contributed by atoms with Gasteiger partial charge in [0, 0.05) is 24.6 Å². The summed E-state index contributed by atoms with van der Waals surface area (Å²) in [6, 6.07) is 0. The third-order valence-corrected chi connectivity index (χ3v) is 4.72. The highest BCUT2D eigenvalue weighted by atomic mass is 35.5. The Bertz CT molecular complexity index is 348.